The Morgan fingerprint density at radius 3 is 2.69 bits per heavy atom. The van der Waals surface area contributed by atoms with Gasteiger partial charge in [-0.05, 0) is 5.39 Å². The Hall–Kier alpha value is -2.60. The van der Waals surface area contributed by atoms with Gasteiger partial charge in [0.1, 0.15) is 24.6 Å². The van der Waals surface area contributed by atoms with Crippen molar-refractivity contribution in [2.75, 3.05) is 6.61 Å². The fraction of sp³-hybridized carbons (Fsp3) is 0.400. The van der Waals surface area contributed by atoms with Crippen LogP contribution < -0.4 is 4.74 Å². The highest BCUT2D eigenvalue weighted by Gasteiger charge is 2.47. The van der Waals surface area contributed by atoms with E-state index in [1.165, 1.54) is 13.8 Å². The number of fused-ring (bicyclic) bond motifs is 6. The monoisotopic (exact) mass is 356 g/mol. The van der Waals surface area contributed by atoms with Crippen LogP contribution in [-0.4, -0.2) is 37.0 Å². The minimum absolute atomic E-state index is 0.0204. The van der Waals surface area contributed by atoms with Crippen molar-refractivity contribution in [1.29, 1.82) is 0 Å². The molecule has 4 rings (SSSR count). The number of benzene rings is 2. The molecule has 1 fully saturated rings. The largest absolute Gasteiger partial charge is 0.464 e. The van der Waals surface area contributed by atoms with Gasteiger partial charge in [-0.3, -0.25) is 9.59 Å². The van der Waals surface area contributed by atoms with Gasteiger partial charge in [-0.15, -0.1) is 0 Å². The lowest BCUT2D eigenvalue weighted by atomic mass is 9.82. The van der Waals surface area contributed by atoms with E-state index in [4.69, 9.17) is 18.9 Å². The number of ether oxygens (including phenoxy) is 4. The van der Waals surface area contributed by atoms with Crippen LogP contribution in [0.4, 0.5) is 0 Å². The first-order valence-electron chi connectivity index (χ1n) is 8.67. The van der Waals surface area contributed by atoms with Gasteiger partial charge in [-0.25, -0.2) is 0 Å². The topological polar surface area (TPSA) is 71.1 Å². The molecule has 2 aliphatic heterocycles. The summed E-state index contributed by atoms with van der Waals surface area (Å²) in [7, 11) is 0. The first-order chi connectivity index (χ1) is 12.5. The maximum atomic E-state index is 11.7. The third kappa shape index (κ3) is 3.01. The summed E-state index contributed by atoms with van der Waals surface area (Å²) >= 11 is 0. The molecule has 6 heteroatoms. The molecule has 136 valence electrons. The first kappa shape index (κ1) is 16.8. The summed E-state index contributed by atoms with van der Waals surface area (Å²) in [6.45, 7) is 2.73. The van der Waals surface area contributed by atoms with Crippen LogP contribution in [0.3, 0.4) is 0 Å². The summed E-state index contributed by atoms with van der Waals surface area (Å²) < 4.78 is 22.7. The summed E-state index contributed by atoms with van der Waals surface area (Å²) in [4.78, 5) is 22.9. The van der Waals surface area contributed by atoms with Crippen LogP contribution in [0, 0.1) is 0 Å². The highest BCUT2D eigenvalue weighted by atomic mass is 16.7. The minimum Gasteiger partial charge on any atom is -0.464 e. The third-order valence-electron chi connectivity index (χ3n) is 4.85. The van der Waals surface area contributed by atoms with E-state index in [1.54, 1.807) is 0 Å². The number of hydrogen-bond acceptors (Lipinski definition) is 6. The molecule has 6 nitrogen and oxygen atoms in total. The number of carbonyl (C=O) groups is 2. The third-order valence-corrected chi connectivity index (χ3v) is 4.85. The van der Waals surface area contributed by atoms with Gasteiger partial charge in [0.15, 0.2) is 0 Å². The van der Waals surface area contributed by atoms with Crippen LogP contribution in [-0.2, 0) is 23.8 Å². The quantitative estimate of drug-likeness (QED) is 0.788. The number of rotatable bonds is 3. The molecule has 2 bridgehead atoms. The van der Waals surface area contributed by atoms with E-state index in [9.17, 15) is 9.59 Å². The molecule has 0 amide bonds. The lowest BCUT2D eigenvalue weighted by Gasteiger charge is -2.44. The molecule has 26 heavy (non-hydrogen) atoms. The number of carbonyl (C=O) groups excluding carboxylic acids is 2. The lowest BCUT2D eigenvalue weighted by molar-refractivity contribution is -0.225. The van der Waals surface area contributed by atoms with Crippen molar-refractivity contribution in [3.8, 4) is 5.75 Å². The highest BCUT2D eigenvalue weighted by molar-refractivity contribution is 5.90. The van der Waals surface area contributed by atoms with Crippen molar-refractivity contribution >= 4 is 22.7 Å². The van der Waals surface area contributed by atoms with Gasteiger partial charge in [0.05, 0.1) is 0 Å². The number of hydrogen-bond donors (Lipinski definition) is 0. The van der Waals surface area contributed by atoms with Gasteiger partial charge >= 0.3 is 11.9 Å². The van der Waals surface area contributed by atoms with Crippen molar-refractivity contribution in [2.45, 2.75) is 44.7 Å². The fourth-order valence-electron chi connectivity index (χ4n) is 3.81. The average Bonchev–Trinajstić information content (AvgIpc) is 2.62. The lowest BCUT2D eigenvalue weighted by Crippen LogP contribution is -2.51. The second-order valence-corrected chi connectivity index (χ2v) is 6.65. The molecule has 0 radical (unpaired) electrons. The van der Waals surface area contributed by atoms with Crippen molar-refractivity contribution in [1.82, 2.24) is 0 Å². The molecule has 2 aromatic rings. The maximum absolute atomic E-state index is 11.7. The highest BCUT2D eigenvalue weighted by Crippen LogP contribution is 2.47. The van der Waals surface area contributed by atoms with Gasteiger partial charge in [-0.2, -0.15) is 0 Å². The maximum Gasteiger partial charge on any atom is 0.303 e. The van der Waals surface area contributed by atoms with E-state index in [0.717, 1.165) is 22.1 Å². The van der Waals surface area contributed by atoms with Gasteiger partial charge in [0, 0.05) is 37.1 Å². The fourth-order valence-corrected chi connectivity index (χ4v) is 3.81. The van der Waals surface area contributed by atoms with Crippen LogP contribution in [0.15, 0.2) is 36.4 Å². The molecule has 4 atom stereocenters. The predicted molar refractivity (Wildman–Crippen MR) is 92.8 cm³/mol. The van der Waals surface area contributed by atoms with Gasteiger partial charge < -0.3 is 18.9 Å². The summed E-state index contributed by atoms with van der Waals surface area (Å²) in [5, 5.41) is 2.08. The molecule has 0 N–H and O–H groups in total. The van der Waals surface area contributed by atoms with Crippen molar-refractivity contribution < 1.29 is 28.5 Å². The van der Waals surface area contributed by atoms with Gasteiger partial charge in [-0.1, -0.05) is 36.4 Å². The molecule has 2 heterocycles. The molecule has 1 saturated heterocycles. The number of esters is 2. The van der Waals surface area contributed by atoms with E-state index < -0.39 is 30.4 Å². The van der Waals surface area contributed by atoms with E-state index in [0.29, 0.717) is 6.42 Å². The Kier molecular flexibility index (Phi) is 4.28. The van der Waals surface area contributed by atoms with Crippen molar-refractivity contribution in [3.63, 3.8) is 0 Å². The Bertz CT molecular complexity index is 861. The zero-order valence-corrected chi connectivity index (χ0v) is 14.6. The molecule has 2 unspecified atom stereocenters. The van der Waals surface area contributed by atoms with Crippen LogP contribution in [0.2, 0.25) is 0 Å². The first-order valence-corrected chi connectivity index (χ1v) is 8.67. The standard InChI is InChI=1S/C20H20O6/c1-11(21)23-10-17-20(24-12(2)22)16-9-18(25-17)26-19-14-6-4-3-5-13(14)7-8-15(16)19/h3-8,16-18,20H,9-10H2,1-2H3/t16?,17-,18?,20+/m1/s1. The zero-order chi connectivity index (χ0) is 18.3. The Labute approximate surface area is 151 Å². The molecule has 2 aromatic carbocycles. The molecular weight excluding hydrogens is 336 g/mol. The Morgan fingerprint density at radius 1 is 1.12 bits per heavy atom. The van der Waals surface area contributed by atoms with Crippen molar-refractivity contribution in [2.24, 2.45) is 0 Å². The molecule has 0 aromatic heterocycles. The van der Waals surface area contributed by atoms with E-state index in [-0.39, 0.29) is 12.5 Å². The molecule has 0 saturated carbocycles. The molecule has 0 aliphatic carbocycles. The van der Waals surface area contributed by atoms with Crippen LogP contribution >= 0.6 is 0 Å². The van der Waals surface area contributed by atoms with E-state index in [2.05, 4.69) is 0 Å². The van der Waals surface area contributed by atoms with E-state index in [1.807, 2.05) is 36.4 Å². The van der Waals surface area contributed by atoms with Gasteiger partial charge in [0.25, 0.3) is 0 Å². The van der Waals surface area contributed by atoms with Crippen molar-refractivity contribution in [3.05, 3.63) is 42.0 Å². The molecule has 2 aliphatic rings. The van der Waals surface area contributed by atoms with Crippen LogP contribution in [0.25, 0.3) is 10.8 Å². The summed E-state index contributed by atoms with van der Waals surface area (Å²) in [6.07, 6.45) is -0.983. The van der Waals surface area contributed by atoms with Gasteiger partial charge in [0.2, 0.25) is 6.29 Å². The normalized spacial score (nSPS) is 26.5. The summed E-state index contributed by atoms with van der Waals surface area (Å²) in [6, 6.07) is 12.0. The average molecular weight is 356 g/mol. The second-order valence-electron chi connectivity index (χ2n) is 6.65. The predicted octanol–water partition coefficient (Wildman–Crippen LogP) is 2.93. The van der Waals surface area contributed by atoms with Crippen LogP contribution in [0.5, 0.6) is 5.75 Å². The van der Waals surface area contributed by atoms with Crippen LogP contribution in [0.1, 0.15) is 31.7 Å². The second kappa shape index (κ2) is 6.61. The SMILES string of the molecule is CC(=O)OC[C@H]1OC2CC(c3ccc4ccccc4c3O2)[C@@H]1OC(C)=O. The Balaban J connectivity index is 1.74. The van der Waals surface area contributed by atoms with E-state index >= 15 is 0 Å². The summed E-state index contributed by atoms with van der Waals surface area (Å²) in [5.41, 5.74) is 0.988. The zero-order valence-electron chi connectivity index (χ0n) is 14.6. The minimum atomic E-state index is -0.564. The molecule has 0 spiro atoms. The smallest absolute Gasteiger partial charge is 0.303 e. The molecular formula is C20H20O6. The Morgan fingerprint density at radius 2 is 1.92 bits per heavy atom. The summed E-state index contributed by atoms with van der Waals surface area (Å²) in [5.74, 6) is -0.101.